The Balaban J connectivity index is 1.53. The predicted octanol–water partition coefficient (Wildman–Crippen LogP) is 7.45. The Hall–Kier alpha value is -4.11. The highest BCUT2D eigenvalue weighted by Gasteiger charge is 2.08. The van der Waals surface area contributed by atoms with Crippen molar-refractivity contribution in [3.63, 3.8) is 0 Å². The van der Waals surface area contributed by atoms with Gasteiger partial charge in [-0.15, -0.1) is 0 Å². The monoisotopic (exact) mass is 405 g/mol. The van der Waals surface area contributed by atoms with E-state index >= 15 is 0 Å². The molecule has 0 heterocycles. The fourth-order valence-electron chi connectivity index (χ4n) is 2.97. The van der Waals surface area contributed by atoms with E-state index in [1.165, 1.54) is 5.56 Å². The Morgan fingerprint density at radius 1 is 0.613 bits per heavy atom. The third-order valence-corrected chi connectivity index (χ3v) is 4.62. The molecule has 0 unspecified atom stereocenters. The van der Waals surface area contributed by atoms with Crippen LogP contribution in [-0.2, 0) is 0 Å². The van der Waals surface area contributed by atoms with Crippen LogP contribution in [0.1, 0.15) is 6.92 Å². The van der Waals surface area contributed by atoms with Crippen LogP contribution in [0, 0.1) is 0 Å². The second kappa shape index (κ2) is 10.1. The quantitative estimate of drug-likeness (QED) is 0.189. The summed E-state index contributed by atoms with van der Waals surface area (Å²) >= 11 is 0. The highest BCUT2D eigenvalue weighted by atomic mass is 16.5. The van der Waals surface area contributed by atoms with E-state index < -0.39 is 0 Å². The van der Waals surface area contributed by atoms with E-state index in [1.54, 1.807) is 6.26 Å². The Kier molecular flexibility index (Phi) is 6.56. The molecule has 0 fully saturated rings. The van der Waals surface area contributed by atoms with Gasteiger partial charge in [0.25, 0.3) is 0 Å². The van der Waals surface area contributed by atoms with Gasteiger partial charge in [0.05, 0.1) is 11.9 Å². The van der Waals surface area contributed by atoms with Gasteiger partial charge in [-0.1, -0.05) is 78.9 Å². The molecule has 3 heteroatoms. The minimum atomic E-state index is 0.485. The second-order valence-electron chi connectivity index (χ2n) is 6.98. The number of aliphatic imine (C=N–C) groups is 1. The van der Waals surface area contributed by atoms with Crippen molar-refractivity contribution < 1.29 is 9.47 Å². The van der Waals surface area contributed by atoms with Crippen LogP contribution < -0.4 is 9.47 Å². The first-order valence-electron chi connectivity index (χ1n) is 10.1. The number of nitrogens with zero attached hydrogens (tertiary/aromatic N) is 1. The number of para-hydroxylation sites is 2. The number of rotatable bonds is 6. The standard InChI is InChI=1S/C28H23NO2/c1-22(21-30-26-19-17-24(18-20-26)23-11-5-2-6-12-23)28(29-25-13-7-3-8-14-25)31-27-15-9-4-10-16-27/h2-21H,1H3/b22-21?,29-28+. The summed E-state index contributed by atoms with van der Waals surface area (Å²) in [4.78, 5) is 4.67. The molecule has 4 aromatic rings. The summed E-state index contributed by atoms with van der Waals surface area (Å²) < 4.78 is 11.9. The lowest BCUT2D eigenvalue weighted by Gasteiger charge is -2.10. The summed E-state index contributed by atoms with van der Waals surface area (Å²) in [5, 5.41) is 0. The average molecular weight is 405 g/mol. The molecule has 31 heavy (non-hydrogen) atoms. The van der Waals surface area contributed by atoms with E-state index in [4.69, 9.17) is 9.47 Å². The molecule has 4 aromatic carbocycles. The van der Waals surface area contributed by atoms with Crippen LogP contribution in [0.25, 0.3) is 11.1 Å². The van der Waals surface area contributed by atoms with Crippen LogP contribution in [0.2, 0.25) is 0 Å². The van der Waals surface area contributed by atoms with Gasteiger partial charge < -0.3 is 9.47 Å². The fourth-order valence-corrected chi connectivity index (χ4v) is 2.97. The molecule has 3 nitrogen and oxygen atoms in total. The molecule has 0 spiro atoms. The van der Waals surface area contributed by atoms with Crippen LogP contribution >= 0.6 is 0 Å². The van der Waals surface area contributed by atoms with Gasteiger partial charge >= 0.3 is 0 Å². The van der Waals surface area contributed by atoms with E-state index in [9.17, 15) is 0 Å². The molecule has 0 aliphatic carbocycles. The number of ether oxygens (including phenoxy) is 2. The molecule has 0 radical (unpaired) electrons. The zero-order valence-electron chi connectivity index (χ0n) is 17.3. The second-order valence-corrected chi connectivity index (χ2v) is 6.98. The molecule has 0 aliphatic rings. The minimum absolute atomic E-state index is 0.485. The first kappa shape index (κ1) is 20.2. The number of benzene rings is 4. The Bertz CT molecular complexity index is 1150. The summed E-state index contributed by atoms with van der Waals surface area (Å²) in [5.74, 6) is 1.95. The zero-order valence-corrected chi connectivity index (χ0v) is 17.3. The van der Waals surface area contributed by atoms with E-state index in [0.29, 0.717) is 5.90 Å². The van der Waals surface area contributed by atoms with Crippen molar-refractivity contribution in [2.75, 3.05) is 0 Å². The van der Waals surface area contributed by atoms with Crippen LogP contribution in [0.3, 0.4) is 0 Å². The van der Waals surface area contributed by atoms with Gasteiger partial charge in [0.15, 0.2) is 0 Å². The number of hydrogen-bond acceptors (Lipinski definition) is 3. The van der Waals surface area contributed by atoms with Crippen molar-refractivity contribution in [2.24, 2.45) is 4.99 Å². The molecule has 0 aliphatic heterocycles. The molecule has 0 N–H and O–H groups in total. The molecular formula is C28H23NO2. The molecule has 0 aromatic heterocycles. The van der Waals surface area contributed by atoms with Gasteiger partial charge in [-0.05, 0) is 54.4 Å². The highest BCUT2D eigenvalue weighted by molar-refractivity contribution is 5.96. The third-order valence-electron chi connectivity index (χ3n) is 4.62. The molecule has 4 rings (SSSR count). The minimum Gasteiger partial charge on any atom is -0.465 e. The Morgan fingerprint density at radius 3 is 1.81 bits per heavy atom. The normalized spacial score (nSPS) is 11.8. The average Bonchev–Trinajstić information content (AvgIpc) is 2.84. The fraction of sp³-hybridized carbons (Fsp3) is 0.0357. The maximum Gasteiger partial charge on any atom is 0.225 e. The Morgan fingerprint density at radius 2 is 1.16 bits per heavy atom. The molecule has 0 atom stereocenters. The van der Waals surface area contributed by atoms with Crippen molar-refractivity contribution in [2.45, 2.75) is 6.92 Å². The van der Waals surface area contributed by atoms with E-state index in [0.717, 1.165) is 28.3 Å². The SMILES string of the molecule is CC(=COc1ccc(-c2ccccc2)cc1)/C(=N\c1ccccc1)Oc1ccccc1. The summed E-state index contributed by atoms with van der Waals surface area (Å²) in [7, 11) is 0. The van der Waals surface area contributed by atoms with Gasteiger partial charge in [-0.25, -0.2) is 4.99 Å². The van der Waals surface area contributed by atoms with Crippen molar-refractivity contribution >= 4 is 11.6 Å². The summed E-state index contributed by atoms with van der Waals surface area (Å²) in [6.07, 6.45) is 1.67. The topological polar surface area (TPSA) is 30.8 Å². The zero-order chi connectivity index (χ0) is 21.3. The highest BCUT2D eigenvalue weighted by Crippen LogP contribution is 2.23. The predicted molar refractivity (Wildman–Crippen MR) is 127 cm³/mol. The van der Waals surface area contributed by atoms with Crippen LogP contribution in [0.15, 0.2) is 132 Å². The van der Waals surface area contributed by atoms with Crippen molar-refractivity contribution in [1.82, 2.24) is 0 Å². The summed E-state index contributed by atoms with van der Waals surface area (Å²) in [6, 6.07) is 37.6. The first-order valence-corrected chi connectivity index (χ1v) is 10.1. The maximum absolute atomic E-state index is 6.05. The van der Waals surface area contributed by atoms with Crippen molar-refractivity contribution in [1.29, 1.82) is 0 Å². The smallest absolute Gasteiger partial charge is 0.225 e. The molecule has 0 amide bonds. The maximum atomic E-state index is 6.05. The Labute approximate surface area is 182 Å². The van der Waals surface area contributed by atoms with E-state index in [1.807, 2.05) is 110 Å². The van der Waals surface area contributed by atoms with Gasteiger partial charge in [-0.2, -0.15) is 0 Å². The van der Waals surface area contributed by atoms with E-state index in [-0.39, 0.29) is 0 Å². The van der Waals surface area contributed by atoms with Crippen molar-refractivity contribution in [3.8, 4) is 22.6 Å². The molecule has 152 valence electrons. The lowest BCUT2D eigenvalue weighted by atomic mass is 10.1. The molecule has 0 saturated heterocycles. The van der Waals surface area contributed by atoms with Crippen LogP contribution in [0.5, 0.6) is 11.5 Å². The van der Waals surface area contributed by atoms with Crippen LogP contribution in [0.4, 0.5) is 5.69 Å². The molecular weight excluding hydrogens is 382 g/mol. The van der Waals surface area contributed by atoms with Gasteiger partial charge in [0, 0.05) is 5.57 Å². The van der Waals surface area contributed by atoms with Gasteiger partial charge in [0.1, 0.15) is 11.5 Å². The molecule has 0 saturated carbocycles. The first-order chi connectivity index (χ1) is 15.3. The summed E-state index contributed by atoms with van der Waals surface area (Å²) in [5.41, 5.74) is 3.91. The lowest BCUT2D eigenvalue weighted by molar-refractivity contribution is 0.473. The van der Waals surface area contributed by atoms with Crippen LogP contribution in [-0.4, -0.2) is 5.90 Å². The third kappa shape index (κ3) is 5.71. The molecule has 0 bridgehead atoms. The summed E-state index contributed by atoms with van der Waals surface area (Å²) in [6.45, 7) is 1.92. The van der Waals surface area contributed by atoms with Gasteiger partial charge in [-0.3, -0.25) is 0 Å². The number of hydrogen-bond donors (Lipinski definition) is 0. The van der Waals surface area contributed by atoms with Gasteiger partial charge in [0.2, 0.25) is 5.90 Å². The largest absolute Gasteiger partial charge is 0.465 e. The lowest BCUT2D eigenvalue weighted by Crippen LogP contribution is -2.10. The van der Waals surface area contributed by atoms with Crippen molar-refractivity contribution in [3.05, 3.63) is 127 Å². The van der Waals surface area contributed by atoms with E-state index in [2.05, 4.69) is 17.1 Å².